The summed E-state index contributed by atoms with van der Waals surface area (Å²) in [5.74, 6) is 0.843. The number of aliphatic hydroxyl groups is 1. The number of hydrogen-bond acceptors (Lipinski definition) is 4. The van der Waals surface area contributed by atoms with Crippen LogP contribution in [0.5, 0.6) is 5.75 Å². The molecule has 0 aliphatic heterocycles. The number of aliphatic hydroxyl groups excluding tert-OH is 1. The van der Waals surface area contributed by atoms with E-state index in [9.17, 15) is 5.11 Å². The molecule has 0 bridgehead atoms. The average Bonchev–Trinajstić information content (AvgIpc) is 2.53. The summed E-state index contributed by atoms with van der Waals surface area (Å²) in [5, 5.41) is 13.2. The summed E-state index contributed by atoms with van der Waals surface area (Å²) in [6.45, 7) is 3.51. The van der Waals surface area contributed by atoms with Gasteiger partial charge in [-0.2, -0.15) is 0 Å². The number of anilines is 1. The van der Waals surface area contributed by atoms with Crippen molar-refractivity contribution in [3.8, 4) is 5.75 Å². The van der Waals surface area contributed by atoms with E-state index in [0.717, 1.165) is 24.3 Å². The highest BCUT2D eigenvalue weighted by Gasteiger charge is 2.15. The van der Waals surface area contributed by atoms with Crippen LogP contribution >= 0.6 is 0 Å². The fraction of sp³-hybridized carbons (Fsp3) is 0.647. The molecule has 118 valence electrons. The minimum Gasteiger partial charge on any atom is -0.494 e. The third-order valence-electron chi connectivity index (χ3n) is 3.76. The number of ether oxygens (including phenoxy) is 2. The first-order chi connectivity index (χ1) is 10.3. The van der Waals surface area contributed by atoms with Gasteiger partial charge in [-0.15, -0.1) is 0 Å². The van der Waals surface area contributed by atoms with Crippen LogP contribution in [0.15, 0.2) is 24.3 Å². The van der Waals surface area contributed by atoms with E-state index in [0.29, 0.717) is 25.9 Å². The SMILES string of the molecule is CCOc1cccc(NCC(O)COC2CCCCC2)c1. The van der Waals surface area contributed by atoms with Crippen molar-refractivity contribution in [3.63, 3.8) is 0 Å². The molecule has 4 heteroatoms. The van der Waals surface area contributed by atoms with Gasteiger partial charge >= 0.3 is 0 Å². The van der Waals surface area contributed by atoms with Gasteiger partial charge in [0.15, 0.2) is 0 Å². The second kappa shape index (κ2) is 8.90. The van der Waals surface area contributed by atoms with E-state index in [1.54, 1.807) is 0 Å². The Morgan fingerprint density at radius 3 is 2.86 bits per heavy atom. The summed E-state index contributed by atoms with van der Waals surface area (Å²) in [6.07, 6.45) is 5.96. The Morgan fingerprint density at radius 2 is 2.10 bits per heavy atom. The Balaban J connectivity index is 1.68. The molecule has 0 spiro atoms. The van der Waals surface area contributed by atoms with Gasteiger partial charge in [0.1, 0.15) is 5.75 Å². The van der Waals surface area contributed by atoms with Gasteiger partial charge in [0.25, 0.3) is 0 Å². The van der Waals surface area contributed by atoms with Crippen molar-refractivity contribution in [2.24, 2.45) is 0 Å². The maximum Gasteiger partial charge on any atom is 0.121 e. The molecule has 0 heterocycles. The van der Waals surface area contributed by atoms with Crippen LogP contribution in [-0.4, -0.2) is 37.1 Å². The molecule has 1 aliphatic carbocycles. The standard InChI is InChI=1S/C17H27NO3/c1-2-20-17-10-6-7-14(11-17)18-12-15(19)13-21-16-8-4-3-5-9-16/h6-7,10-11,15-16,18-19H,2-5,8-9,12-13H2,1H3. The molecule has 1 fully saturated rings. The Kier molecular flexibility index (Phi) is 6.83. The summed E-state index contributed by atoms with van der Waals surface area (Å²) in [6, 6.07) is 7.78. The fourth-order valence-electron chi connectivity index (χ4n) is 2.64. The van der Waals surface area contributed by atoms with Crippen LogP contribution in [0.1, 0.15) is 39.0 Å². The predicted octanol–water partition coefficient (Wildman–Crippen LogP) is 3.21. The first-order valence-electron chi connectivity index (χ1n) is 8.04. The lowest BCUT2D eigenvalue weighted by atomic mass is 9.98. The van der Waals surface area contributed by atoms with Crippen LogP contribution in [0.4, 0.5) is 5.69 Å². The van der Waals surface area contributed by atoms with E-state index in [1.165, 1.54) is 19.3 Å². The van der Waals surface area contributed by atoms with Crippen molar-refractivity contribution in [2.75, 3.05) is 25.1 Å². The maximum atomic E-state index is 10.00. The van der Waals surface area contributed by atoms with Crippen molar-refractivity contribution in [1.82, 2.24) is 0 Å². The predicted molar refractivity (Wildman–Crippen MR) is 84.9 cm³/mol. The van der Waals surface area contributed by atoms with Crippen LogP contribution in [0, 0.1) is 0 Å². The van der Waals surface area contributed by atoms with Crippen LogP contribution in [0.2, 0.25) is 0 Å². The van der Waals surface area contributed by atoms with E-state index in [4.69, 9.17) is 9.47 Å². The van der Waals surface area contributed by atoms with E-state index >= 15 is 0 Å². The van der Waals surface area contributed by atoms with Crippen LogP contribution in [-0.2, 0) is 4.74 Å². The quantitative estimate of drug-likeness (QED) is 0.773. The first kappa shape index (κ1) is 16.1. The first-order valence-corrected chi connectivity index (χ1v) is 8.04. The molecule has 0 saturated heterocycles. The van der Waals surface area contributed by atoms with Gasteiger partial charge in [-0.3, -0.25) is 0 Å². The lowest BCUT2D eigenvalue weighted by Crippen LogP contribution is -2.28. The monoisotopic (exact) mass is 293 g/mol. The number of benzene rings is 1. The maximum absolute atomic E-state index is 10.00. The molecule has 0 radical (unpaired) electrons. The molecule has 2 rings (SSSR count). The molecular weight excluding hydrogens is 266 g/mol. The van der Waals surface area contributed by atoms with Gasteiger partial charge < -0.3 is 19.9 Å². The molecule has 0 amide bonds. The van der Waals surface area contributed by atoms with Crippen LogP contribution in [0.3, 0.4) is 0 Å². The second-order valence-electron chi connectivity index (χ2n) is 5.59. The Morgan fingerprint density at radius 1 is 1.29 bits per heavy atom. The Hall–Kier alpha value is -1.26. The molecule has 4 nitrogen and oxygen atoms in total. The third kappa shape index (κ3) is 5.94. The van der Waals surface area contributed by atoms with E-state index in [-0.39, 0.29) is 0 Å². The highest BCUT2D eigenvalue weighted by Crippen LogP contribution is 2.20. The summed E-state index contributed by atoms with van der Waals surface area (Å²) >= 11 is 0. The highest BCUT2D eigenvalue weighted by atomic mass is 16.5. The van der Waals surface area contributed by atoms with E-state index in [1.807, 2.05) is 31.2 Å². The summed E-state index contributed by atoms with van der Waals surface area (Å²) in [7, 11) is 0. The lowest BCUT2D eigenvalue weighted by molar-refractivity contribution is -0.0195. The molecule has 21 heavy (non-hydrogen) atoms. The zero-order valence-electron chi connectivity index (χ0n) is 12.9. The fourth-order valence-corrected chi connectivity index (χ4v) is 2.64. The molecule has 1 atom stereocenters. The second-order valence-corrected chi connectivity index (χ2v) is 5.59. The normalized spacial score (nSPS) is 17.4. The van der Waals surface area contributed by atoms with Crippen molar-refractivity contribution >= 4 is 5.69 Å². The van der Waals surface area contributed by atoms with Gasteiger partial charge in [0.05, 0.1) is 25.4 Å². The molecular formula is C17H27NO3. The zero-order valence-corrected chi connectivity index (χ0v) is 12.9. The third-order valence-corrected chi connectivity index (χ3v) is 3.76. The van der Waals surface area contributed by atoms with Crippen molar-refractivity contribution < 1.29 is 14.6 Å². The van der Waals surface area contributed by atoms with E-state index < -0.39 is 6.10 Å². The van der Waals surface area contributed by atoms with Gasteiger partial charge in [0.2, 0.25) is 0 Å². The molecule has 1 saturated carbocycles. The van der Waals surface area contributed by atoms with Gasteiger partial charge in [-0.05, 0) is 31.9 Å². The Labute approximate surface area is 127 Å². The number of hydrogen-bond donors (Lipinski definition) is 2. The summed E-state index contributed by atoms with van der Waals surface area (Å²) in [5.41, 5.74) is 0.956. The molecule has 1 aliphatic rings. The topological polar surface area (TPSA) is 50.7 Å². The summed E-state index contributed by atoms with van der Waals surface area (Å²) in [4.78, 5) is 0. The minimum atomic E-state index is -0.484. The van der Waals surface area contributed by atoms with Crippen molar-refractivity contribution in [2.45, 2.75) is 51.2 Å². The van der Waals surface area contributed by atoms with Gasteiger partial charge in [-0.1, -0.05) is 25.3 Å². The van der Waals surface area contributed by atoms with Crippen molar-refractivity contribution in [1.29, 1.82) is 0 Å². The molecule has 0 aromatic heterocycles. The van der Waals surface area contributed by atoms with E-state index in [2.05, 4.69) is 5.32 Å². The number of rotatable bonds is 8. The highest BCUT2D eigenvalue weighted by molar-refractivity contribution is 5.48. The molecule has 1 aromatic carbocycles. The molecule has 1 aromatic rings. The zero-order chi connectivity index (χ0) is 14.9. The van der Waals surface area contributed by atoms with Crippen molar-refractivity contribution in [3.05, 3.63) is 24.3 Å². The average molecular weight is 293 g/mol. The van der Waals surface area contributed by atoms with Crippen LogP contribution < -0.4 is 10.1 Å². The lowest BCUT2D eigenvalue weighted by Gasteiger charge is -2.23. The van der Waals surface area contributed by atoms with Crippen LogP contribution in [0.25, 0.3) is 0 Å². The Bertz CT molecular complexity index is 405. The largest absolute Gasteiger partial charge is 0.494 e. The number of nitrogens with one attached hydrogen (secondary N) is 1. The minimum absolute atomic E-state index is 0.342. The smallest absolute Gasteiger partial charge is 0.121 e. The molecule has 2 N–H and O–H groups in total. The van der Waals surface area contributed by atoms with Gasteiger partial charge in [-0.25, -0.2) is 0 Å². The molecule has 1 unspecified atom stereocenters. The van der Waals surface area contributed by atoms with Gasteiger partial charge in [0, 0.05) is 18.3 Å². The summed E-state index contributed by atoms with van der Waals surface area (Å²) < 4.78 is 11.2.